The molecule has 1 fully saturated rings. The summed E-state index contributed by atoms with van der Waals surface area (Å²) >= 11 is 0. The van der Waals surface area contributed by atoms with Crippen molar-refractivity contribution in [1.29, 1.82) is 0 Å². The molecule has 2 N–H and O–H groups in total. The van der Waals surface area contributed by atoms with Crippen molar-refractivity contribution in [2.45, 2.75) is 25.3 Å². The number of nitrogens with two attached hydrogens (primary N) is 1. The van der Waals surface area contributed by atoms with Crippen LogP contribution in [0.5, 0.6) is 0 Å². The highest BCUT2D eigenvalue weighted by atomic mass is 15.3. The second-order valence-corrected chi connectivity index (χ2v) is 5.31. The van der Waals surface area contributed by atoms with Crippen LogP contribution in [0, 0.1) is 5.92 Å². The van der Waals surface area contributed by atoms with Crippen molar-refractivity contribution in [3.8, 4) is 11.4 Å². The summed E-state index contributed by atoms with van der Waals surface area (Å²) in [5, 5.41) is 4.48. The molecule has 1 heterocycles. The maximum atomic E-state index is 6.41. The Morgan fingerprint density at radius 2 is 1.94 bits per heavy atom. The van der Waals surface area contributed by atoms with E-state index in [0.717, 1.165) is 17.2 Å². The molecule has 18 heavy (non-hydrogen) atoms. The second kappa shape index (κ2) is 3.92. The Morgan fingerprint density at radius 1 is 1.28 bits per heavy atom. The molecule has 4 nitrogen and oxygen atoms in total. The molecule has 1 atom stereocenters. The van der Waals surface area contributed by atoms with E-state index in [-0.39, 0.29) is 5.54 Å². The summed E-state index contributed by atoms with van der Waals surface area (Å²) in [4.78, 5) is 4.64. The van der Waals surface area contributed by atoms with E-state index in [9.17, 15) is 0 Å². The lowest BCUT2D eigenvalue weighted by molar-refractivity contribution is 0.382. The molecule has 4 heteroatoms. The molecule has 1 aromatic carbocycles. The largest absolute Gasteiger partial charge is 0.319 e. The molecule has 2 aromatic rings. The first-order valence-electron chi connectivity index (χ1n) is 6.35. The molecule has 0 saturated heterocycles. The number of nitrogens with zero attached hydrogens (tertiary/aromatic N) is 3. The maximum absolute atomic E-state index is 6.41. The summed E-state index contributed by atoms with van der Waals surface area (Å²) < 4.78 is 1.82. The van der Waals surface area contributed by atoms with E-state index in [1.807, 2.05) is 42.1 Å². The topological polar surface area (TPSA) is 56.7 Å². The summed E-state index contributed by atoms with van der Waals surface area (Å²) in [5.41, 5.74) is 7.08. The monoisotopic (exact) mass is 242 g/mol. The molecule has 0 aliphatic heterocycles. The van der Waals surface area contributed by atoms with Crippen LogP contribution in [0.15, 0.2) is 30.3 Å². The van der Waals surface area contributed by atoms with Gasteiger partial charge in [0.15, 0.2) is 5.82 Å². The first-order chi connectivity index (χ1) is 8.59. The Labute approximate surface area is 107 Å². The van der Waals surface area contributed by atoms with E-state index in [4.69, 9.17) is 5.73 Å². The van der Waals surface area contributed by atoms with Gasteiger partial charge in [-0.25, -0.2) is 4.98 Å². The average Bonchev–Trinajstić information content (AvgIpc) is 3.14. The van der Waals surface area contributed by atoms with Gasteiger partial charge in [-0.3, -0.25) is 4.68 Å². The van der Waals surface area contributed by atoms with E-state index in [0.29, 0.717) is 5.92 Å². The van der Waals surface area contributed by atoms with Gasteiger partial charge in [-0.15, -0.1) is 0 Å². The van der Waals surface area contributed by atoms with Crippen molar-refractivity contribution in [3.05, 3.63) is 36.2 Å². The average molecular weight is 242 g/mol. The van der Waals surface area contributed by atoms with Gasteiger partial charge in [0.25, 0.3) is 0 Å². The van der Waals surface area contributed by atoms with Crippen molar-refractivity contribution in [2.24, 2.45) is 18.7 Å². The minimum Gasteiger partial charge on any atom is -0.319 e. The van der Waals surface area contributed by atoms with Crippen molar-refractivity contribution in [3.63, 3.8) is 0 Å². The van der Waals surface area contributed by atoms with Gasteiger partial charge in [0.1, 0.15) is 5.82 Å². The van der Waals surface area contributed by atoms with E-state index < -0.39 is 0 Å². The van der Waals surface area contributed by atoms with Crippen LogP contribution in [0.25, 0.3) is 11.4 Å². The van der Waals surface area contributed by atoms with Gasteiger partial charge in [0, 0.05) is 12.6 Å². The number of hydrogen-bond donors (Lipinski definition) is 1. The number of aryl methyl sites for hydroxylation is 1. The Kier molecular flexibility index (Phi) is 2.48. The van der Waals surface area contributed by atoms with Crippen LogP contribution in [-0.2, 0) is 12.6 Å². The molecule has 0 spiro atoms. The third kappa shape index (κ3) is 1.82. The SMILES string of the molecule is Cn1nc(-c2ccccc2)nc1C(C)(N)C1CC1. The van der Waals surface area contributed by atoms with Gasteiger partial charge in [-0.1, -0.05) is 30.3 Å². The highest BCUT2D eigenvalue weighted by Gasteiger charge is 2.43. The molecule has 1 aromatic heterocycles. The van der Waals surface area contributed by atoms with Crippen molar-refractivity contribution in [2.75, 3.05) is 0 Å². The molecule has 0 amide bonds. The number of benzene rings is 1. The number of rotatable bonds is 3. The predicted molar refractivity (Wildman–Crippen MR) is 70.7 cm³/mol. The fraction of sp³-hybridized carbons (Fsp3) is 0.429. The fourth-order valence-corrected chi connectivity index (χ4v) is 2.43. The third-order valence-corrected chi connectivity index (χ3v) is 3.70. The fourth-order valence-electron chi connectivity index (χ4n) is 2.43. The summed E-state index contributed by atoms with van der Waals surface area (Å²) in [6, 6.07) is 10.0. The first kappa shape index (κ1) is 11.4. The quantitative estimate of drug-likeness (QED) is 0.896. The van der Waals surface area contributed by atoms with Gasteiger partial charge in [0.2, 0.25) is 0 Å². The number of hydrogen-bond acceptors (Lipinski definition) is 3. The van der Waals surface area contributed by atoms with Gasteiger partial charge in [-0.2, -0.15) is 5.10 Å². The van der Waals surface area contributed by atoms with Crippen molar-refractivity contribution >= 4 is 0 Å². The van der Waals surface area contributed by atoms with Crippen molar-refractivity contribution < 1.29 is 0 Å². The normalized spacial score (nSPS) is 18.6. The first-order valence-corrected chi connectivity index (χ1v) is 6.35. The smallest absolute Gasteiger partial charge is 0.181 e. The van der Waals surface area contributed by atoms with Crippen LogP contribution in [0.1, 0.15) is 25.6 Å². The van der Waals surface area contributed by atoms with Crippen LogP contribution < -0.4 is 5.73 Å². The third-order valence-electron chi connectivity index (χ3n) is 3.70. The predicted octanol–water partition coefficient (Wildman–Crippen LogP) is 2.07. The van der Waals surface area contributed by atoms with Crippen LogP contribution in [-0.4, -0.2) is 14.8 Å². The number of aromatic nitrogens is 3. The lowest BCUT2D eigenvalue weighted by atomic mass is 9.96. The molecule has 0 bridgehead atoms. The van der Waals surface area contributed by atoms with E-state index in [1.54, 1.807) is 0 Å². The Balaban J connectivity index is 2.01. The van der Waals surface area contributed by atoms with Gasteiger partial charge in [-0.05, 0) is 25.7 Å². The Hall–Kier alpha value is -1.68. The zero-order chi connectivity index (χ0) is 12.8. The minimum absolute atomic E-state index is 0.366. The minimum atomic E-state index is -0.366. The molecular formula is C14H18N4. The summed E-state index contributed by atoms with van der Waals surface area (Å²) in [6.07, 6.45) is 2.39. The lowest BCUT2D eigenvalue weighted by Gasteiger charge is -2.22. The van der Waals surface area contributed by atoms with E-state index in [1.165, 1.54) is 12.8 Å². The second-order valence-electron chi connectivity index (χ2n) is 5.31. The Bertz CT molecular complexity index is 552. The van der Waals surface area contributed by atoms with Crippen LogP contribution in [0.4, 0.5) is 0 Å². The van der Waals surface area contributed by atoms with Gasteiger partial charge >= 0.3 is 0 Å². The lowest BCUT2D eigenvalue weighted by Crippen LogP contribution is -2.38. The zero-order valence-electron chi connectivity index (χ0n) is 10.8. The highest BCUT2D eigenvalue weighted by Crippen LogP contribution is 2.43. The molecular weight excluding hydrogens is 224 g/mol. The highest BCUT2D eigenvalue weighted by molar-refractivity contribution is 5.54. The molecule has 1 aliphatic carbocycles. The molecule has 1 unspecified atom stereocenters. The molecule has 1 aliphatic rings. The van der Waals surface area contributed by atoms with Gasteiger partial charge in [0.05, 0.1) is 5.54 Å². The van der Waals surface area contributed by atoms with Gasteiger partial charge < -0.3 is 5.73 Å². The van der Waals surface area contributed by atoms with Crippen LogP contribution in [0.2, 0.25) is 0 Å². The Morgan fingerprint density at radius 3 is 2.56 bits per heavy atom. The molecule has 1 saturated carbocycles. The molecule has 0 radical (unpaired) electrons. The van der Waals surface area contributed by atoms with Crippen LogP contribution in [0.3, 0.4) is 0 Å². The van der Waals surface area contributed by atoms with E-state index in [2.05, 4.69) is 17.0 Å². The van der Waals surface area contributed by atoms with E-state index >= 15 is 0 Å². The molecule has 3 rings (SSSR count). The summed E-state index contributed by atoms with van der Waals surface area (Å²) in [7, 11) is 1.92. The standard InChI is InChI=1S/C14H18N4/c1-14(15,11-8-9-11)13-16-12(17-18(13)2)10-6-4-3-5-7-10/h3-7,11H,8-9,15H2,1-2H3. The summed E-state index contributed by atoms with van der Waals surface area (Å²) in [5.74, 6) is 2.18. The summed E-state index contributed by atoms with van der Waals surface area (Å²) in [6.45, 7) is 2.06. The molecule has 94 valence electrons. The zero-order valence-corrected chi connectivity index (χ0v) is 10.8. The van der Waals surface area contributed by atoms with Crippen LogP contribution >= 0.6 is 0 Å². The maximum Gasteiger partial charge on any atom is 0.181 e. The van der Waals surface area contributed by atoms with Crippen molar-refractivity contribution in [1.82, 2.24) is 14.8 Å².